The van der Waals surface area contributed by atoms with Gasteiger partial charge in [0.1, 0.15) is 5.82 Å². The number of primary amides is 1. The first kappa shape index (κ1) is 16.3. The molecule has 0 aliphatic heterocycles. The Bertz CT molecular complexity index is 440. The van der Waals surface area contributed by atoms with Crippen molar-refractivity contribution in [3.8, 4) is 0 Å². The van der Waals surface area contributed by atoms with E-state index in [1.54, 1.807) is 12.1 Å². The molecule has 5 nitrogen and oxygen atoms in total. The van der Waals surface area contributed by atoms with Crippen LogP contribution in [0.5, 0.6) is 0 Å². The molecule has 7 heteroatoms. The maximum atomic E-state index is 12.7. The highest BCUT2D eigenvalue weighted by Gasteiger charge is 2.02. The molecule has 0 saturated carbocycles. The highest BCUT2D eigenvalue weighted by Crippen LogP contribution is 2.04. The van der Waals surface area contributed by atoms with E-state index >= 15 is 0 Å². The third-order valence-electron chi connectivity index (χ3n) is 2.31. The van der Waals surface area contributed by atoms with E-state index in [-0.39, 0.29) is 18.3 Å². The smallest absolute Gasteiger partial charge is 0.404 e. The Morgan fingerprint density at radius 2 is 2.00 bits per heavy atom. The van der Waals surface area contributed by atoms with Crippen LogP contribution in [0.2, 0.25) is 0 Å². The number of nitrogens with two attached hydrogens (primary N) is 1. The highest BCUT2D eigenvalue weighted by atomic mass is 32.2. The number of carbonyl (C=O) groups excluding carboxylic acids is 2. The van der Waals surface area contributed by atoms with E-state index in [0.29, 0.717) is 24.5 Å². The van der Waals surface area contributed by atoms with Crippen LogP contribution in [0.15, 0.2) is 24.3 Å². The summed E-state index contributed by atoms with van der Waals surface area (Å²) in [6.45, 7) is 0.643. The summed E-state index contributed by atoms with van der Waals surface area (Å²) < 4.78 is 17.2. The molecule has 110 valence electrons. The average Bonchev–Trinajstić information content (AvgIpc) is 2.41. The van der Waals surface area contributed by atoms with E-state index in [1.807, 2.05) is 0 Å². The van der Waals surface area contributed by atoms with Crippen LogP contribution in [0.3, 0.4) is 0 Å². The number of thioether (sulfide) groups is 1. The fourth-order valence-electron chi connectivity index (χ4n) is 1.35. The van der Waals surface area contributed by atoms with Crippen molar-refractivity contribution >= 4 is 23.8 Å². The number of nitrogens with one attached hydrogen (secondary N) is 1. The minimum Gasteiger partial charge on any atom is -0.450 e. The van der Waals surface area contributed by atoms with Gasteiger partial charge in [0.25, 0.3) is 0 Å². The van der Waals surface area contributed by atoms with Crippen LogP contribution in [-0.4, -0.2) is 30.1 Å². The molecule has 0 fully saturated rings. The third-order valence-corrected chi connectivity index (χ3v) is 3.36. The number of benzene rings is 1. The summed E-state index contributed by atoms with van der Waals surface area (Å²) in [6.07, 6.45) is -0.134. The number of hydrogen-bond donors (Lipinski definition) is 2. The topological polar surface area (TPSA) is 81.4 Å². The molecule has 0 radical (unpaired) electrons. The lowest BCUT2D eigenvalue weighted by Gasteiger charge is -2.05. The molecule has 0 aliphatic rings. The molecule has 1 rings (SSSR count). The van der Waals surface area contributed by atoms with Crippen molar-refractivity contribution in [3.05, 3.63) is 35.6 Å². The lowest BCUT2D eigenvalue weighted by Crippen LogP contribution is -2.24. The fraction of sp³-hybridized carbons (Fsp3) is 0.385. The summed E-state index contributed by atoms with van der Waals surface area (Å²) >= 11 is 1.45. The molecule has 0 saturated heterocycles. The number of amides is 2. The van der Waals surface area contributed by atoms with Gasteiger partial charge in [-0.1, -0.05) is 12.1 Å². The molecule has 0 unspecified atom stereocenters. The first-order valence-electron chi connectivity index (χ1n) is 6.09. The molecular formula is C13H17FN2O3S. The van der Waals surface area contributed by atoms with Crippen LogP contribution in [0, 0.1) is 5.82 Å². The Labute approximate surface area is 121 Å². The van der Waals surface area contributed by atoms with Crippen LogP contribution in [0.4, 0.5) is 9.18 Å². The molecular weight excluding hydrogens is 283 g/mol. The Morgan fingerprint density at radius 3 is 2.65 bits per heavy atom. The molecule has 2 amide bonds. The fourth-order valence-corrected chi connectivity index (χ4v) is 2.11. The van der Waals surface area contributed by atoms with Gasteiger partial charge in [0.05, 0.1) is 12.4 Å². The SMILES string of the molecule is NC(=O)OCCCSCC(=O)NCc1ccc(F)cc1. The third kappa shape index (κ3) is 7.63. The minimum atomic E-state index is -0.785. The Kier molecular flexibility index (Phi) is 7.49. The van der Waals surface area contributed by atoms with Crippen molar-refractivity contribution < 1.29 is 18.7 Å². The summed E-state index contributed by atoms with van der Waals surface area (Å²) in [4.78, 5) is 21.8. The first-order chi connectivity index (χ1) is 9.58. The van der Waals surface area contributed by atoms with E-state index in [2.05, 4.69) is 10.1 Å². The largest absolute Gasteiger partial charge is 0.450 e. The molecule has 0 bridgehead atoms. The van der Waals surface area contributed by atoms with Crippen molar-refractivity contribution in [1.29, 1.82) is 0 Å². The Balaban J connectivity index is 2.06. The standard InChI is InChI=1S/C13H17FN2O3S/c14-11-4-2-10(3-5-11)8-16-12(17)9-20-7-1-6-19-13(15)18/h2-5H,1,6-9H2,(H2,15,18)(H,16,17). The molecule has 0 spiro atoms. The number of halogens is 1. The summed E-state index contributed by atoms with van der Waals surface area (Å²) in [5, 5.41) is 2.74. The van der Waals surface area contributed by atoms with Crippen LogP contribution in [0.1, 0.15) is 12.0 Å². The zero-order valence-electron chi connectivity index (χ0n) is 10.9. The molecule has 0 heterocycles. The van der Waals surface area contributed by atoms with E-state index < -0.39 is 6.09 Å². The predicted molar refractivity (Wildman–Crippen MR) is 75.7 cm³/mol. The average molecular weight is 300 g/mol. The molecule has 20 heavy (non-hydrogen) atoms. The van der Waals surface area contributed by atoms with Gasteiger partial charge in [-0.15, -0.1) is 0 Å². The van der Waals surface area contributed by atoms with Crippen molar-refractivity contribution in [3.63, 3.8) is 0 Å². The maximum absolute atomic E-state index is 12.7. The summed E-state index contributed by atoms with van der Waals surface area (Å²) in [5.41, 5.74) is 5.65. The first-order valence-corrected chi connectivity index (χ1v) is 7.24. The van der Waals surface area contributed by atoms with Gasteiger partial charge in [-0.2, -0.15) is 11.8 Å². The van der Waals surface area contributed by atoms with E-state index in [0.717, 1.165) is 5.56 Å². The molecule has 1 aromatic rings. The monoisotopic (exact) mass is 300 g/mol. The number of ether oxygens (including phenoxy) is 1. The molecule has 0 aromatic heterocycles. The van der Waals surface area contributed by atoms with Gasteiger partial charge in [-0.3, -0.25) is 4.79 Å². The molecule has 0 atom stereocenters. The van der Waals surface area contributed by atoms with Crippen molar-refractivity contribution in [2.45, 2.75) is 13.0 Å². The van der Waals surface area contributed by atoms with Gasteiger partial charge in [0, 0.05) is 6.54 Å². The van der Waals surface area contributed by atoms with Crippen LogP contribution in [0.25, 0.3) is 0 Å². The summed E-state index contributed by atoms with van der Waals surface area (Å²) in [5.74, 6) is 0.651. The second-order valence-electron chi connectivity index (χ2n) is 3.98. The second-order valence-corrected chi connectivity index (χ2v) is 5.08. The van der Waals surface area contributed by atoms with Crippen LogP contribution < -0.4 is 11.1 Å². The minimum absolute atomic E-state index is 0.0878. The van der Waals surface area contributed by atoms with Gasteiger partial charge in [-0.05, 0) is 29.9 Å². The lowest BCUT2D eigenvalue weighted by molar-refractivity contribution is -0.118. The normalized spacial score (nSPS) is 10.1. The number of carbonyl (C=O) groups is 2. The Hall–Kier alpha value is -1.76. The summed E-state index contributed by atoms with van der Waals surface area (Å²) in [7, 11) is 0. The molecule has 3 N–H and O–H groups in total. The maximum Gasteiger partial charge on any atom is 0.404 e. The van der Waals surface area contributed by atoms with Gasteiger partial charge < -0.3 is 15.8 Å². The molecule has 0 aliphatic carbocycles. The second kappa shape index (κ2) is 9.19. The predicted octanol–water partition coefficient (Wildman–Crippen LogP) is 1.66. The highest BCUT2D eigenvalue weighted by molar-refractivity contribution is 7.99. The van der Waals surface area contributed by atoms with Gasteiger partial charge in [0.15, 0.2) is 0 Å². The van der Waals surface area contributed by atoms with Gasteiger partial charge in [-0.25, -0.2) is 9.18 Å². The van der Waals surface area contributed by atoms with Crippen molar-refractivity contribution in [1.82, 2.24) is 5.32 Å². The van der Waals surface area contributed by atoms with Crippen molar-refractivity contribution in [2.75, 3.05) is 18.1 Å². The van der Waals surface area contributed by atoms with Crippen LogP contribution in [-0.2, 0) is 16.1 Å². The number of hydrogen-bond acceptors (Lipinski definition) is 4. The quantitative estimate of drug-likeness (QED) is 0.715. The zero-order valence-corrected chi connectivity index (χ0v) is 11.7. The van der Waals surface area contributed by atoms with E-state index in [9.17, 15) is 14.0 Å². The summed E-state index contributed by atoms with van der Waals surface area (Å²) in [6, 6.07) is 5.97. The van der Waals surface area contributed by atoms with Crippen LogP contribution >= 0.6 is 11.8 Å². The van der Waals surface area contributed by atoms with Gasteiger partial charge >= 0.3 is 6.09 Å². The Morgan fingerprint density at radius 1 is 1.30 bits per heavy atom. The van der Waals surface area contributed by atoms with E-state index in [4.69, 9.17) is 5.73 Å². The van der Waals surface area contributed by atoms with Crippen molar-refractivity contribution in [2.24, 2.45) is 5.73 Å². The van der Waals surface area contributed by atoms with E-state index in [1.165, 1.54) is 23.9 Å². The molecule has 1 aromatic carbocycles. The lowest BCUT2D eigenvalue weighted by atomic mass is 10.2. The number of rotatable bonds is 8. The van der Waals surface area contributed by atoms with Gasteiger partial charge in [0.2, 0.25) is 5.91 Å². The zero-order chi connectivity index (χ0) is 14.8.